The summed E-state index contributed by atoms with van der Waals surface area (Å²) in [5, 5.41) is 2.06. The van der Waals surface area contributed by atoms with Gasteiger partial charge in [-0.25, -0.2) is 9.97 Å². The zero-order valence-electron chi connectivity index (χ0n) is 12.7. The van der Waals surface area contributed by atoms with Gasteiger partial charge < -0.3 is 4.90 Å². The van der Waals surface area contributed by atoms with Crippen LogP contribution in [0, 0.1) is 0 Å². The van der Waals surface area contributed by atoms with Crippen molar-refractivity contribution in [2.45, 2.75) is 0 Å². The third-order valence-electron chi connectivity index (χ3n) is 4.00. The molecule has 0 bridgehead atoms. The molecule has 0 radical (unpaired) electrons. The lowest BCUT2D eigenvalue weighted by atomic mass is 10.2. The third kappa shape index (κ3) is 2.25. The summed E-state index contributed by atoms with van der Waals surface area (Å²) in [6.07, 6.45) is 6.39. The molecular formula is C19H13N3S2. The molecule has 4 aromatic rings. The van der Waals surface area contributed by atoms with Gasteiger partial charge in [0.25, 0.3) is 0 Å². The molecule has 3 nitrogen and oxygen atoms in total. The molecule has 0 amide bonds. The summed E-state index contributed by atoms with van der Waals surface area (Å²) in [6, 6.07) is 16.6. The first-order valence-corrected chi connectivity index (χ1v) is 9.38. The van der Waals surface area contributed by atoms with Crippen LogP contribution in [0.5, 0.6) is 0 Å². The van der Waals surface area contributed by atoms with Crippen LogP contribution in [-0.4, -0.2) is 16.5 Å². The molecule has 24 heavy (non-hydrogen) atoms. The number of aromatic nitrogens is 2. The lowest BCUT2D eigenvalue weighted by Gasteiger charge is -2.24. The Morgan fingerprint density at radius 3 is 2.29 bits per heavy atom. The Labute approximate surface area is 147 Å². The molecule has 0 N–H and O–H groups in total. The van der Waals surface area contributed by atoms with Crippen LogP contribution in [0.3, 0.4) is 0 Å². The zero-order chi connectivity index (χ0) is 15.9. The Balaban J connectivity index is 1.62. The fraction of sp³-hybridized carbons (Fsp3) is 0.0526. The van der Waals surface area contributed by atoms with E-state index in [0.29, 0.717) is 0 Å². The molecule has 2 aromatic heterocycles. The number of allylic oxidation sites excluding steroid dienone is 2. The van der Waals surface area contributed by atoms with Gasteiger partial charge in [-0.15, -0.1) is 11.3 Å². The number of thiazole rings is 2. The summed E-state index contributed by atoms with van der Waals surface area (Å²) >= 11 is 3.46. The highest BCUT2D eigenvalue weighted by atomic mass is 32.1. The van der Waals surface area contributed by atoms with Crippen LogP contribution in [0.4, 0.5) is 5.13 Å². The Bertz CT molecular complexity index is 1040. The first kappa shape index (κ1) is 13.9. The predicted octanol–water partition coefficient (Wildman–Crippen LogP) is 5.32. The van der Waals surface area contributed by atoms with Crippen molar-refractivity contribution < 1.29 is 0 Å². The maximum atomic E-state index is 4.82. The van der Waals surface area contributed by atoms with Gasteiger partial charge in [0.2, 0.25) is 0 Å². The van der Waals surface area contributed by atoms with Gasteiger partial charge in [-0.05, 0) is 30.3 Å². The van der Waals surface area contributed by atoms with Gasteiger partial charge in [0.1, 0.15) is 5.01 Å². The number of para-hydroxylation sites is 2. The number of hydrogen-bond donors (Lipinski definition) is 0. The maximum absolute atomic E-state index is 4.82. The Kier molecular flexibility index (Phi) is 3.21. The molecule has 0 unspecified atom stereocenters. The lowest BCUT2D eigenvalue weighted by molar-refractivity contribution is 1.07. The van der Waals surface area contributed by atoms with E-state index in [1.165, 1.54) is 9.40 Å². The minimum Gasteiger partial charge on any atom is -0.311 e. The average molecular weight is 347 g/mol. The summed E-state index contributed by atoms with van der Waals surface area (Å²) in [4.78, 5) is 11.9. The number of fused-ring (bicyclic) bond motifs is 2. The van der Waals surface area contributed by atoms with Crippen molar-refractivity contribution in [3.8, 4) is 0 Å². The minimum absolute atomic E-state index is 0.821. The smallest absolute Gasteiger partial charge is 0.191 e. The first-order valence-electron chi connectivity index (χ1n) is 7.74. The van der Waals surface area contributed by atoms with Gasteiger partial charge in [0.15, 0.2) is 5.13 Å². The van der Waals surface area contributed by atoms with E-state index in [9.17, 15) is 0 Å². The fourth-order valence-corrected chi connectivity index (χ4v) is 4.83. The van der Waals surface area contributed by atoms with Crippen molar-refractivity contribution >= 4 is 53.9 Å². The van der Waals surface area contributed by atoms with Gasteiger partial charge in [-0.1, -0.05) is 47.8 Å². The standard InChI is InChI=1S/C19H13N3S2/c1-3-10-16-13(7-1)20-18(23-16)15-9-5-6-12-22(15)19-21-14-8-2-4-11-17(14)24-19/h1-11H,12H2. The molecular weight excluding hydrogens is 334 g/mol. The number of nitrogens with zero attached hydrogens (tertiary/aromatic N) is 3. The van der Waals surface area contributed by atoms with Gasteiger partial charge in [-0.2, -0.15) is 0 Å². The third-order valence-corrected chi connectivity index (χ3v) is 6.11. The Morgan fingerprint density at radius 1 is 0.833 bits per heavy atom. The van der Waals surface area contributed by atoms with Crippen molar-refractivity contribution in [1.82, 2.24) is 9.97 Å². The van der Waals surface area contributed by atoms with Crippen molar-refractivity contribution in [1.29, 1.82) is 0 Å². The van der Waals surface area contributed by atoms with E-state index in [-0.39, 0.29) is 0 Å². The summed E-state index contributed by atoms with van der Waals surface area (Å²) in [5.41, 5.74) is 3.23. The monoisotopic (exact) mass is 347 g/mol. The molecule has 0 saturated carbocycles. The number of hydrogen-bond acceptors (Lipinski definition) is 5. The van der Waals surface area contributed by atoms with Crippen LogP contribution in [0.2, 0.25) is 0 Å². The molecule has 0 atom stereocenters. The van der Waals surface area contributed by atoms with Crippen molar-refractivity contribution in [2.24, 2.45) is 0 Å². The zero-order valence-corrected chi connectivity index (χ0v) is 14.3. The molecule has 5 rings (SSSR count). The molecule has 2 aromatic carbocycles. The Morgan fingerprint density at radius 2 is 1.54 bits per heavy atom. The van der Waals surface area contributed by atoms with E-state index >= 15 is 0 Å². The van der Waals surface area contributed by atoms with Crippen LogP contribution in [-0.2, 0) is 0 Å². The Hall–Kier alpha value is -2.50. The number of anilines is 1. The summed E-state index contributed by atoms with van der Waals surface area (Å²) in [5.74, 6) is 0. The molecule has 116 valence electrons. The summed E-state index contributed by atoms with van der Waals surface area (Å²) in [7, 11) is 0. The van der Waals surface area contributed by atoms with E-state index in [1.54, 1.807) is 22.7 Å². The van der Waals surface area contributed by atoms with E-state index in [1.807, 2.05) is 12.1 Å². The predicted molar refractivity (Wildman–Crippen MR) is 104 cm³/mol. The second-order valence-corrected chi connectivity index (χ2v) is 7.58. The molecule has 0 saturated heterocycles. The summed E-state index contributed by atoms with van der Waals surface area (Å²) < 4.78 is 2.43. The quantitative estimate of drug-likeness (QED) is 0.491. The molecule has 0 aliphatic carbocycles. The van der Waals surface area contributed by atoms with E-state index in [2.05, 4.69) is 59.5 Å². The van der Waals surface area contributed by atoms with Crippen LogP contribution in [0.1, 0.15) is 5.01 Å². The number of rotatable bonds is 2. The first-order chi connectivity index (χ1) is 11.9. The van der Waals surface area contributed by atoms with Crippen molar-refractivity contribution in [3.05, 3.63) is 71.8 Å². The van der Waals surface area contributed by atoms with Crippen LogP contribution >= 0.6 is 22.7 Å². The van der Waals surface area contributed by atoms with Crippen LogP contribution < -0.4 is 4.90 Å². The highest BCUT2D eigenvalue weighted by molar-refractivity contribution is 7.22. The van der Waals surface area contributed by atoms with Crippen molar-refractivity contribution in [3.63, 3.8) is 0 Å². The van der Waals surface area contributed by atoms with Gasteiger partial charge in [-0.3, -0.25) is 0 Å². The second kappa shape index (κ2) is 5.54. The largest absolute Gasteiger partial charge is 0.311 e. The van der Waals surface area contributed by atoms with Crippen LogP contribution in [0.15, 0.2) is 66.8 Å². The highest BCUT2D eigenvalue weighted by Crippen LogP contribution is 2.36. The van der Waals surface area contributed by atoms with Crippen molar-refractivity contribution in [2.75, 3.05) is 11.4 Å². The molecule has 0 spiro atoms. The molecule has 5 heteroatoms. The van der Waals surface area contributed by atoms with E-state index in [0.717, 1.165) is 33.4 Å². The molecule has 1 aliphatic rings. The van der Waals surface area contributed by atoms with Gasteiger partial charge in [0.05, 0.1) is 26.1 Å². The topological polar surface area (TPSA) is 29.0 Å². The molecule has 0 fully saturated rings. The average Bonchev–Trinajstić information content (AvgIpc) is 3.25. The molecule has 1 aliphatic heterocycles. The van der Waals surface area contributed by atoms with Gasteiger partial charge >= 0.3 is 0 Å². The SMILES string of the molecule is C1=CCN(c2nc3ccccc3s2)C(c2nc3ccccc3s2)=C1. The second-order valence-electron chi connectivity index (χ2n) is 5.54. The fourth-order valence-electron chi connectivity index (χ4n) is 2.84. The van der Waals surface area contributed by atoms with Crippen LogP contribution in [0.25, 0.3) is 26.1 Å². The highest BCUT2D eigenvalue weighted by Gasteiger charge is 2.21. The number of benzene rings is 2. The lowest BCUT2D eigenvalue weighted by Crippen LogP contribution is -2.23. The minimum atomic E-state index is 0.821. The van der Waals surface area contributed by atoms with E-state index in [4.69, 9.17) is 9.97 Å². The maximum Gasteiger partial charge on any atom is 0.191 e. The normalized spacial score (nSPS) is 14.5. The molecule has 3 heterocycles. The summed E-state index contributed by atoms with van der Waals surface area (Å²) in [6.45, 7) is 0.821. The van der Waals surface area contributed by atoms with E-state index < -0.39 is 0 Å². The van der Waals surface area contributed by atoms with Gasteiger partial charge in [0, 0.05) is 6.54 Å².